The number of hydrogen-bond donors (Lipinski definition) is 1. The number of alkyl halides is 1. The topological polar surface area (TPSA) is 21.3 Å². The minimum Gasteiger partial charge on any atom is -0.492 e. The Labute approximate surface area is 88.9 Å². The predicted molar refractivity (Wildman–Crippen MR) is 55.7 cm³/mol. The number of rotatable bonds is 1. The minimum atomic E-state index is -0.422. The van der Waals surface area contributed by atoms with E-state index in [1.165, 1.54) is 0 Å². The maximum Gasteiger partial charge on any atom is 0.124 e. The Bertz CT molecular complexity index is 306. The van der Waals surface area contributed by atoms with Gasteiger partial charge in [-0.1, -0.05) is 12.1 Å². The van der Waals surface area contributed by atoms with E-state index in [1.807, 2.05) is 12.1 Å². The van der Waals surface area contributed by atoms with Crippen molar-refractivity contribution < 1.29 is 9.13 Å². The number of ether oxygens (including phenoxy) is 1. The zero-order valence-electron chi connectivity index (χ0n) is 7.75. The van der Waals surface area contributed by atoms with E-state index in [9.17, 15) is 4.39 Å². The van der Waals surface area contributed by atoms with Crippen molar-refractivity contribution in [2.75, 3.05) is 13.2 Å². The third-order valence-corrected chi connectivity index (χ3v) is 2.21. The molecule has 0 aliphatic carbocycles. The highest BCUT2D eigenvalue weighted by molar-refractivity contribution is 5.85. The van der Waals surface area contributed by atoms with Gasteiger partial charge in [-0.15, -0.1) is 12.4 Å². The number of fused-ring (bicyclic) bond motifs is 1. The van der Waals surface area contributed by atoms with E-state index in [0.29, 0.717) is 13.2 Å². The number of nitrogens with one attached hydrogen (secondary N) is 1. The zero-order chi connectivity index (χ0) is 9.10. The lowest BCUT2D eigenvalue weighted by molar-refractivity contribution is 0.325. The van der Waals surface area contributed by atoms with Gasteiger partial charge in [0.1, 0.15) is 19.0 Å². The first kappa shape index (κ1) is 11.3. The molecule has 1 heterocycles. The summed E-state index contributed by atoms with van der Waals surface area (Å²) in [5.74, 6) is 0.820. The van der Waals surface area contributed by atoms with Crippen molar-refractivity contribution in [1.29, 1.82) is 0 Å². The Balaban J connectivity index is 0.000000980. The first-order valence-electron chi connectivity index (χ1n) is 4.42. The molecule has 0 amide bonds. The van der Waals surface area contributed by atoms with E-state index in [-0.39, 0.29) is 12.4 Å². The van der Waals surface area contributed by atoms with Crippen LogP contribution in [0.5, 0.6) is 5.75 Å². The monoisotopic (exact) mass is 217 g/mol. The second-order valence-corrected chi connectivity index (χ2v) is 3.05. The second kappa shape index (κ2) is 5.17. The summed E-state index contributed by atoms with van der Waals surface area (Å²) >= 11 is 0. The van der Waals surface area contributed by atoms with Crippen LogP contribution in [0.3, 0.4) is 0 Å². The molecule has 1 N–H and O–H groups in total. The molecule has 1 aromatic carbocycles. The summed E-state index contributed by atoms with van der Waals surface area (Å²) in [5, 5.41) is 3.19. The lowest BCUT2D eigenvalue weighted by Crippen LogP contribution is -2.16. The molecule has 0 spiro atoms. The van der Waals surface area contributed by atoms with E-state index < -0.39 is 6.67 Å². The van der Waals surface area contributed by atoms with Gasteiger partial charge in [0.15, 0.2) is 0 Å². The molecule has 0 bridgehead atoms. The molecule has 0 fully saturated rings. The molecule has 0 unspecified atom stereocenters. The number of hydrogen-bond acceptors (Lipinski definition) is 2. The van der Waals surface area contributed by atoms with Gasteiger partial charge in [0.2, 0.25) is 0 Å². The fourth-order valence-electron chi connectivity index (χ4n) is 1.52. The molecule has 4 heteroatoms. The standard InChI is InChI=1S/C10H12FNO.ClH/c11-6-8-2-1-3-10-9(8)7-12-4-5-13-10;/h1-3,12H,4-7H2;1H. The van der Waals surface area contributed by atoms with E-state index in [1.54, 1.807) is 6.07 Å². The molecule has 2 rings (SSSR count). The van der Waals surface area contributed by atoms with E-state index in [2.05, 4.69) is 5.32 Å². The number of benzene rings is 1. The molecule has 1 aliphatic rings. The molecule has 78 valence electrons. The summed E-state index contributed by atoms with van der Waals surface area (Å²) in [5.41, 5.74) is 1.69. The average Bonchev–Trinajstić information content (AvgIpc) is 2.41. The minimum absolute atomic E-state index is 0. The van der Waals surface area contributed by atoms with Crippen LogP contribution >= 0.6 is 12.4 Å². The molecular weight excluding hydrogens is 205 g/mol. The Kier molecular flexibility index (Phi) is 4.17. The fraction of sp³-hybridized carbons (Fsp3) is 0.400. The Morgan fingerprint density at radius 1 is 1.43 bits per heavy atom. The summed E-state index contributed by atoms with van der Waals surface area (Å²) in [6.07, 6.45) is 0. The normalized spacial score (nSPS) is 14.6. The quantitative estimate of drug-likeness (QED) is 0.778. The highest BCUT2D eigenvalue weighted by Gasteiger charge is 2.11. The van der Waals surface area contributed by atoms with Gasteiger partial charge < -0.3 is 10.1 Å². The van der Waals surface area contributed by atoms with Gasteiger partial charge >= 0.3 is 0 Å². The van der Waals surface area contributed by atoms with Gasteiger partial charge in [-0.3, -0.25) is 0 Å². The summed E-state index contributed by atoms with van der Waals surface area (Å²) in [6.45, 7) is 1.76. The number of halogens is 2. The van der Waals surface area contributed by atoms with Gasteiger partial charge in [0, 0.05) is 18.7 Å². The van der Waals surface area contributed by atoms with Crippen molar-refractivity contribution in [1.82, 2.24) is 5.32 Å². The molecular formula is C10H13ClFNO. The fourth-order valence-corrected chi connectivity index (χ4v) is 1.52. The largest absolute Gasteiger partial charge is 0.492 e. The van der Waals surface area contributed by atoms with Crippen molar-refractivity contribution in [3.05, 3.63) is 29.3 Å². The van der Waals surface area contributed by atoms with Crippen molar-refractivity contribution in [2.45, 2.75) is 13.2 Å². The van der Waals surface area contributed by atoms with E-state index >= 15 is 0 Å². The lowest BCUT2D eigenvalue weighted by Gasteiger charge is -2.08. The van der Waals surface area contributed by atoms with Crippen LogP contribution in [-0.4, -0.2) is 13.2 Å². The van der Waals surface area contributed by atoms with Crippen molar-refractivity contribution in [3.63, 3.8) is 0 Å². The van der Waals surface area contributed by atoms with Crippen molar-refractivity contribution >= 4 is 12.4 Å². The lowest BCUT2D eigenvalue weighted by atomic mass is 10.1. The third-order valence-electron chi connectivity index (χ3n) is 2.21. The van der Waals surface area contributed by atoms with Crippen LogP contribution in [0.15, 0.2) is 18.2 Å². The van der Waals surface area contributed by atoms with Crippen LogP contribution in [-0.2, 0) is 13.2 Å². The maximum absolute atomic E-state index is 12.6. The van der Waals surface area contributed by atoms with E-state index in [4.69, 9.17) is 4.74 Å². The SMILES string of the molecule is Cl.FCc1cccc2c1CNCCO2. The smallest absolute Gasteiger partial charge is 0.124 e. The maximum atomic E-state index is 12.6. The van der Waals surface area contributed by atoms with Gasteiger partial charge in [-0.05, 0) is 11.6 Å². The second-order valence-electron chi connectivity index (χ2n) is 3.05. The zero-order valence-corrected chi connectivity index (χ0v) is 8.57. The van der Waals surface area contributed by atoms with Crippen LogP contribution < -0.4 is 10.1 Å². The van der Waals surface area contributed by atoms with Crippen LogP contribution in [0.2, 0.25) is 0 Å². The molecule has 0 aromatic heterocycles. The predicted octanol–water partition coefficient (Wildman–Crippen LogP) is 2.06. The average molecular weight is 218 g/mol. The molecule has 2 nitrogen and oxygen atoms in total. The molecule has 1 aliphatic heterocycles. The van der Waals surface area contributed by atoms with Gasteiger partial charge in [0.05, 0.1) is 0 Å². The summed E-state index contributed by atoms with van der Waals surface area (Å²) in [6, 6.07) is 5.52. The molecule has 14 heavy (non-hydrogen) atoms. The third kappa shape index (κ3) is 2.16. The Morgan fingerprint density at radius 2 is 2.29 bits per heavy atom. The summed E-state index contributed by atoms with van der Waals surface area (Å²) in [4.78, 5) is 0. The first-order valence-corrected chi connectivity index (χ1v) is 4.42. The van der Waals surface area contributed by atoms with Crippen LogP contribution in [0, 0.1) is 0 Å². The summed E-state index contributed by atoms with van der Waals surface area (Å²) in [7, 11) is 0. The van der Waals surface area contributed by atoms with Gasteiger partial charge in [-0.25, -0.2) is 4.39 Å². The molecule has 0 radical (unpaired) electrons. The van der Waals surface area contributed by atoms with Crippen molar-refractivity contribution in [3.8, 4) is 5.75 Å². The molecule has 0 saturated carbocycles. The van der Waals surface area contributed by atoms with E-state index in [0.717, 1.165) is 23.4 Å². The van der Waals surface area contributed by atoms with Crippen LogP contribution in [0.25, 0.3) is 0 Å². The Hall–Kier alpha value is -0.800. The van der Waals surface area contributed by atoms with Crippen LogP contribution in [0.1, 0.15) is 11.1 Å². The molecule has 1 aromatic rings. The van der Waals surface area contributed by atoms with Gasteiger partial charge in [0.25, 0.3) is 0 Å². The highest BCUT2D eigenvalue weighted by Crippen LogP contribution is 2.24. The van der Waals surface area contributed by atoms with Crippen molar-refractivity contribution in [2.24, 2.45) is 0 Å². The molecule has 0 atom stereocenters. The Morgan fingerprint density at radius 3 is 3.07 bits per heavy atom. The first-order chi connectivity index (χ1) is 6.42. The summed E-state index contributed by atoms with van der Waals surface area (Å²) < 4.78 is 18.0. The highest BCUT2D eigenvalue weighted by atomic mass is 35.5. The van der Waals surface area contributed by atoms with Crippen LogP contribution in [0.4, 0.5) is 4.39 Å². The van der Waals surface area contributed by atoms with Gasteiger partial charge in [-0.2, -0.15) is 0 Å². The molecule has 0 saturated heterocycles.